The van der Waals surface area contributed by atoms with Crippen LogP contribution in [0.3, 0.4) is 0 Å². The van der Waals surface area contributed by atoms with Gasteiger partial charge in [0.2, 0.25) is 0 Å². The molecule has 2 heterocycles. The molecule has 164 valence electrons. The van der Waals surface area contributed by atoms with Crippen LogP contribution in [0.5, 0.6) is 11.5 Å². The minimum atomic E-state index is 0.0492. The van der Waals surface area contributed by atoms with Gasteiger partial charge in [-0.3, -0.25) is 0 Å². The number of nitrogens with one attached hydrogen (secondary N) is 1. The number of halogens is 1. The lowest BCUT2D eigenvalue weighted by Crippen LogP contribution is -2.62. The van der Waals surface area contributed by atoms with E-state index in [-0.39, 0.29) is 22.6 Å². The van der Waals surface area contributed by atoms with Crippen molar-refractivity contribution in [3.8, 4) is 22.8 Å². The average molecular weight is 485 g/mol. The highest BCUT2D eigenvalue weighted by Gasteiger charge is 2.39. The van der Waals surface area contributed by atoms with Crippen molar-refractivity contribution < 1.29 is 10.2 Å². The SMILES string of the molecule is CN(c1ccc(-c2cc3ccc(O)c(Br)c3cc2O)nn1)C1CC(C)(C)NC(C)(C)C1. The number of aromatic hydroxyl groups is 2. The third kappa shape index (κ3) is 4.34. The minimum Gasteiger partial charge on any atom is -0.507 e. The van der Waals surface area contributed by atoms with Crippen LogP contribution >= 0.6 is 15.9 Å². The summed E-state index contributed by atoms with van der Waals surface area (Å²) >= 11 is 3.38. The van der Waals surface area contributed by atoms with Crippen LogP contribution in [0.2, 0.25) is 0 Å². The van der Waals surface area contributed by atoms with Crippen molar-refractivity contribution in [3.05, 3.63) is 40.9 Å². The second kappa shape index (κ2) is 7.64. The number of hydrogen-bond acceptors (Lipinski definition) is 6. The first-order valence-corrected chi connectivity index (χ1v) is 11.3. The van der Waals surface area contributed by atoms with Gasteiger partial charge < -0.3 is 20.4 Å². The van der Waals surface area contributed by atoms with Crippen LogP contribution in [0, 0.1) is 0 Å². The third-order valence-corrected chi connectivity index (χ3v) is 6.89. The summed E-state index contributed by atoms with van der Waals surface area (Å²) in [6, 6.07) is 11.1. The first kappa shape index (κ1) is 21.8. The Bertz CT molecular complexity index is 1110. The third-order valence-electron chi connectivity index (χ3n) is 6.05. The van der Waals surface area contributed by atoms with E-state index in [1.807, 2.05) is 24.3 Å². The Labute approximate surface area is 191 Å². The van der Waals surface area contributed by atoms with Crippen molar-refractivity contribution in [2.75, 3.05) is 11.9 Å². The van der Waals surface area contributed by atoms with Crippen LogP contribution in [0.4, 0.5) is 5.82 Å². The van der Waals surface area contributed by atoms with E-state index in [1.54, 1.807) is 12.1 Å². The van der Waals surface area contributed by atoms with E-state index in [4.69, 9.17) is 0 Å². The number of hydrogen-bond donors (Lipinski definition) is 3. The second-order valence-corrected chi connectivity index (χ2v) is 10.6. The zero-order valence-corrected chi connectivity index (χ0v) is 20.2. The summed E-state index contributed by atoms with van der Waals surface area (Å²) in [6.07, 6.45) is 2.03. The predicted octanol–water partition coefficient (Wildman–Crippen LogP) is 5.22. The van der Waals surface area contributed by atoms with Gasteiger partial charge in [-0.15, -0.1) is 10.2 Å². The number of piperidine rings is 1. The molecule has 3 N–H and O–H groups in total. The summed E-state index contributed by atoms with van der Waals surface area (Å²) in [6.45, 7) is 8.96. The fourth-order valence-electron chi connectivity index (χ4n) is 4.90. The lowest BCUT2D eigenvalue weighted by atomic mass is 9.79. The molecular weight excluding hydrogens is 456 g/mol. The Morgan fingerprint density at radius 2 is 1.65 bits per heavy atom. The van der Waals surface area contributed by atoms with E-state index in [2.05, 4.69) is 71.1 Å². The average Bonchev–Trinajstić information content (AvgIpc) is 2.68. The summed E-state index contributed by atoms with van der Waals surface area (Å²) in [5, 5.41) is 34.7. The number of anilines is 1. The Balaban J connectivity index is 1.63. The van der Waals surface area contributed by atoms with E-state index < -0.39 is 0 Å². The smallest absolute Gasteiger partial charge is 0.151 e. The molecule has 0 radical (unpaired) electrons. The first-order chi connectivity index (χ1) is 14.5. The van der Waals surface area contributed by atoms with Gasteiger partial charge in [0, 0.05) is 35.1 Å². The molecule has 7 heteroatoms. The molecule has 0 bridgehead atoms. The highest BCUT2D eigenvalue weighted by Crippen LogP contribution is 2.39. The zero-order chi connectivity index (χ0) is 22.6. The van der Waals surface area contributed by atoms with Gasteiger partial charge in [-0.1, -0.05) is 6.07 Å². The van der Waals surface area contributed by atoms with Crippen molar-refractivity contribution in [2.45, 2.75) is 57.7 Å². The van der Waals surface area contributed by atoms with Gasteiger partial charge in [0.05, 0.1) is 10.2 Å². The predicted molar refractivity (Wildman–Crippen MR) is 129 cm³/mol. The standard InChI is InChI=1S/C24H29BrN4O2/c1-23(2)12-15(13-24(3,4)28-23)29(5)21-9-7-18(26-27-21)17-10-14-6-8-19(30)22(25)16(14)11-20(17)31/h6-11,15,28,30-31H,12-13H2,1-5H3. The lowest BCUT2D eigenvalue weighted by Gasteiger charge is -2.49. The van der Waals surface area contributed by atoms with E-state index in [0.29, 0.717) is 21.8 Å². The van der Waals surface area contributed by atoms with E-state index in [1.165, 1.54) is 0 Å². The molecule has 0 saturated carbocycles. The number of phenolic OH excluding ortho intramolecular Hbond substituents is 2. The summed E-state index contributed by atoms with van der Waals surface area (Å²) in [4.78, 5) is 2.21. The van der Waals surface area contributed by atoms with Crippen LogP contribution in [0.25, 0.3) is 22.0 Å². The molecule has 1 aromatic heterocycles. The van der Waals surface area contributed by atoms with Gasteiger partial charge >= 0.3 is 0 Å². The largest absolute Gasteiger partial charge is 0.507 e. The molecule has 6 nitrogen and oxygen atoms in total. The summed E-state index contributed by atoms with van der Waals surface area (Å²) in [5.41, 5.74) is 1.31. The number of rotatable bonds is 3. The van der Waals surface area contributed by atoms with Crippen molar-refractivity contribution >= 4 is 32.5 Å². The molecule has 0 aliphatic carbocycles. The Hall–Kier alpha value is -2.38. The Morgan fingerprint density at radius 3 is 2.26 bits per heavy atom. The number of aromatic nitrogens is 2. The van der Waals surface area contributed by atoms with Gasteiger partial charge in [-0.2, -0.15) is 0 Å². The van der Waals surface area contributed by atoms with Crippen LogP contribution in [-0.4, -0.2) is 44.6 Å². The van der Waals surface area contributed by atoms with Gasteiger partial charge in [-0.05, 0) is 92.2 Å². The number of nitrogens with zero attached hydrogens (tertiary/aromatic N) is 3. The van der Waals surface area contributed by atoms with Gasteiger partial charge in [-0.25, -0.2) is 0 Å². The Morgan fingerprint density at radius 1 is 0.968 bits per heavy atom. The van der Waals surface area contributed by atoms with Gasteiger partial charge in [0.25, 0.3) is 0 Å². The quantitative estimate of drug-likeness (QED) is 0.472. The van der Waals surface area contributed by atoms with Crippen molar-refractivity contribution in [1.82, 2.24) is 15.5 Å². The molecular formula is C24H29BrN4O2. The van der Waals surface area contributed by atoms with Crippen LogP contribution in [-0.2, 0) is 0 Å². The molecule has 2 aromatic carbocycles. The summed E-state index contributed by atoms with van der Waals surface area (Å²) < 4.78 is 0.558. The van der Waals surface area contributed by atoms with Crippen molar-refractivity contribution in [3.63, 3.8) is 0 Å². The highest BCUT2D eigenvalue weighted by atomic mass is 79.9. The first-order valence-electron chi connectivity index (χ1n) is 10.5. The fourth-order valence-corrected chi connectivity index (χ4v) is 5.38. The van der Waals surface area contributed by atoms with E-state index in [0.717, 1.165) is 29.4 Å². The zero-order valence-electron chi connectivity index (χ0n) is 18.6. The molecule has 31 heavy (non-hydrogen) atoms. The summed E-state index contributed by atoms with van der Waals surface area (Å²) in [7, 11) is 2.07. The molecule has 0 spiro atoms. The summed E-state index contributed by atoms with van der Waals surface area (Å²) in [5.74, 6) is 1.04. The minimum absolute atomic E-state index is 0.0492. The highest BCUT2D eigenvalue weighted by molar-refractivity contribution is 9.10. The van der Waals surface area contributed by atoms with Gasteiger partial charge in [0.1, 0.15) is 11.5 Å². The number of phenols is 2. The molecule has 0 amide bonds. The molecule has 1 aliphatic heterocycles. The number of fused-ring (bicyclic) bond motifs is 1. The molecule has 1 aliphatic rings. The lowest BCUT2D eigenvalue weighted by molar-refractivity contribution is 0.160. The van der Waals surface area contributed by atoms with E-state index in [9.17, 15) is 10.2 Å². The molecule has 3 aromatic rings. The molecule has 0 unspecified atom stereocenters. The van der Waals surface area contributed by atoms with Crippen molar-refractivity contribution in [2.24, 2.45) is 0 Å². The van der Waals surface area contributed by atoms with Crippen molar-refractivity contribution in [1.29, 1.82) is 0 Å². The topological polar surface area (TPSA) is 81.5 Å². The van der Waals surface area contributed by atoms with E-state index >= 15 is 0 Å². The fraction of sp³-hybridized carbons (Fsp3) is 0.417. The maximum Gasteiger partial charge on any atom is 0.151 e. The van der Waals surface area contributed by atoms with Crippen LogP contribution in [0.1, 0.15) is 40.5 Å². The maximum atomic E-state index is 10.6. The number of benzene rings is 2. The monoisotopic (exact) mass is 484 g/mol. The normalized spacial score (nSPS) is 18.3. The Kier molecular flexibility index (Phi) is 5.38. The molecule has 4 rings (SSSR count). The van der Waals surface area contributed by atoms with Crippen LogP contribution < -0.4 is 10.2 Å². The molecule has 1 saturated heterocycles. The maximum absolute atomic E-state index is 10.6. The molecule has 1 fully saturated rings. The molecule has 0 atom stereocenters. The van der Waals surface area contributed by atoms with Gasteiger partial charge in [0.15, 0.2) is 5.82 Å². The second-order valence-electron chi connectivity index (χ2n) is 9.83. The van der Waals surface area contributed by atoms with Crippen LogP contribution in [0.15, 0.2) is 40.9 Å².